The van der Waals surface area contributed by atoms with Crippen molar-refractivity contribution < 1.29 is 19.4 Å². The molecule has 0 spiro atoms. The number of benzene rings is 2. The van der Waals surface area contributed by atoms with Crippen LogP contribution in [0.4, 0.5) is 5.95 Å². The van der Waals surface area contributed by atoms with Gasteiger partial charge in [0.1, 0.15) is 5.52 Å². The summed E-state index contributed by atoms with van der Waals surface area (Å²) in [5.74, 6) is -1.12. The number of anilines is 1. The van der Waals surface area contributed by atoms with Gasteiger partial charge in [-0.1, -0.05) is 36.4 Å². The van der Waals surface area contributed by atoms with Crippen LogP contribution < -0.4 is 10.1 Å². The Balaban J connectivity index is 1.49. The molecule has 1 amide bonds. The number of carboxylic acids is 1. The SMILES string of the molecule is O=C(Nc1nc2c(C(=O)O)cccc2[nH]1)c1ncccc1OCCc1ccccc1. The Morgan fingerprint density at radius 2 is 1.87 bits per heavy atom. The molecule has 0 saturated heterocycles. The summed E-state index contributed by atoms with van der Waals surface area (Å²) in [5, 5.41) is 11.9. The van der Waals surface area contributed by atoms with Gasteiger partial charge in [0.25, 0.3) is 5.91 Å². The first-order chi connectivity index (χ1) is 14.6. The minimum absolute atomic E-state index is 0.0482. The topological polar surface area (TPSA) is 117 Å². The van der Waals surface area contributed by atoms with E-state index in [4.69, 9.17) is 4.74 Å². The highest BCUT2D eigenvalue weighted by atomic mass is 16.5. The number of carbonyl (C=O) groups excluding carboxylic acids is 1. The lowest BCUT2D eigenvalue weighted by molar-refractivity contribution is 0.0698. The summed E-state index contributed by atoms with van der Waals surface area (Å²) in [5.41, 5.74) is 2.06. The number of imidazole rings is 1. The Hall–Kier alpha value is -4.20. The van der Waals surface area contributed by atoms with Crippen molar-refractivity contribution >= 4 is 28.9 Å². The van der Waals surface area contributed by atoms with Crippen molar-refractivity contribution in [3.8, 4) is 5.75 Å². The molecule has 0 aliphatic heterocycles. The average Bonchev–Trinajstić information content (AvgIpc) is 3.17. The van der Waals surface area contributed by atoms with Crippen molar-refractivity contribution in [3.63, 3.8) is 0 Å². The standard InChI is InChI=1S/C22H18N4O4/c27-20(26-22-24-16-9-4-8-15(21(28)29)18(16)25-22)19-17(10-5-12-23-19)30-13-11-14-6-2-1-3-7-14/h1-10,12H,11,13H2,(H,28,29)(H2,24,25,26,27). The molecular weight excluding hydrogens is 384 g/mol. The van der Waals surface area contributed by atoms with Crippen molar-refractivity contribution in [3.05, 3.63) is 83.7 Å². The van der Waals surface area contributed by atoms with Gasteiger partial charge in [0.15, 0.2) is 11.4 Å². The molecule has 4 aromatic rings. The van der Waals surface area contributed by atoms with E-state index in [-0.39, 0.29) is 22.7 Å². The Bertz CT molecular complexity index is 1200. The van der Waals surface area contributed by atoms with Crippen LogP contribution in [0.1, 0.15) is 26.4 Å². The average molecular weight is 402 g/mol. The van der Waals surface area contributed by atoms with Crippen LogP contribution in [0.15, 0.2) is 66.9 Å². The van der Waals surface area contributed by atoms with E-state index in [0.29, 0.717) is 24.3 Å². The maximum absolute atomic E-state index is 12.7. The molecule has 0 aliphatic rings. The van der Waals surface area contributed by atoms with Crippen molar-refractivity contribution in [2.45, 2.75) is 6.42 Å². The number of amides is 1. The van der Waals surface area contributed by atoms with E-state index in [1.807, 2.05) is 30.3 Å². The van der Waals surface area contributed by atoms with Gasteiger partial charge in [0.05, 0.1) is 17.7 Å². The van der Waals surface area contributed by atoms with Gasteiger partial charge in [-0.15, -0.1) is 0 Å². The first-order valence-corrected chi connectivity index (χ1v) is 9.27. The quantitative estimate of drug-likeness (QED) is 0.435. The number of aromatic amines is 1. The Morgan fingerprint density at radius 1 is 1.03 bits per heavy atom. The van der Waals surface area contributed by atoms with Gasteiger partial charge in [-0.3, -0.25) is 10.1 Å². The molecule has 0 fully saturated rings. The molecule has 0 saturated carbocycles. The van der Waals surface area contributed by atoms with Crippen molar-refractivity contribution in [2.75, 3.05) is 11.9 Å². The number of rotatable bonds is 7. The zero-order valence-electron chi connectivity index (χ0n) is 15.8. The summed E-state index contributed by atoms with van der Waals surface area (Å²) in [6, 6.07) is 18.0. The molecule has 0 bridgehead atoms. The highest BCUT2D eigenvalue weighted by Gasteiger charge is 2.18. The molecule has 4 rings (SSSR count). The van der Waals surface area contributed by atoms with Gasteiger partial charge < -0.3 is 14.8 Å². The second-order valence-electron chi connectivity index (χ2n) is 6.48. The van der Waals surface area contributed by atoms with Gasteiger partial charge >= 0.3 is 5.97 Å². The Kier molecular flexibility index (Phi) is 5.38. The number of ether oxygens (including phenoxy) is 1. The summed E-state index contributed by atoms with van der Waals surface area (Å²) in [6.07, 6.45) is 2.19. The van der Waals surface area contributed by atoms with E-state index in [2.05, 4.69) is 20.3 Å². The molecule has 2 aromatic carbocycles. The maximum atomic E-state index is 12.7. The van der Waals surface area contributed by atoms with Gasteiger partial charge in [-0.25, -0.2) is 14.8 Å². The number of pyridine rings is 1. The molecule has 30 heavy (non-hydrogen) atoms. The minimum atomic E-state index is -1.09. The first-order valence-electron chi connectivity index (χ1n) is 9.27. The van der Waals surface area contributed by atoms with Gasteiger partial charge in [0.2, 0.25) is 5.95 Å². The van der Waals surface area contributed by atoms with Crippen LogP contribution in [0.2, 0.25) is 0 Å². The first kappa shape index (κ1) is 19.1. The van der Waals surface area contributed by atoms with E-state index < -0.39 is 11.9 Å². The number of nitrogens with zero attached hydrogens (tertiary/aromatic N) is 2. The van der Waals surface area contributed by atoms with Gasteiger partial charge in [-0.05, 0) is 29.8 Å². The van der Waals surface area contributed by atoms with E-state index >= 15 is 0 Å². The smallest absolute Gasteiger partial charge is 0.337 e. The fraction of sp³-hybridized carbons (Fsp3) is 0.0909. The predicted octanol–water partition coefficient (Wildman–Crippen LogP) is 3.53. The number of aromatic nitrogens is 3. The van der Waals surface area contributed by atoms with E-state index in [9.17, 15) is 14.7 Å². The van der Waals surface area contributed by atoms with Crippen LogP contribution in [0.3, 0.4) is 0 Å². The number of aromatic carboxylic acids is 1. The summed E-state index contributed by atoms with van der Waals surface area (Å²) >= 11 is 0. The third-order valence-electron chi connectivity index (χ3n) is 4.45. The molecule has 8 nitrogen and oxygen atoms in total. The Labute approximate surface area is 171 Å². The summed E-state index contributed by atoms with van der Waals surface area (Å²) in [4.78, 5) is 35.3. The third kappa shape index (κ3) is 4.12. The fourth-order valence-electron chi connectivity index (χ4n) is 3.03. The number of hydrogen-bond donors (Lipinski definition) is 3. The van der Waals surface area contributed by atoms with Crippen molar-refractivity contribution in [2.24, 2.45) is 0 Å². The van der Waals surface area contributed by atoms with Crippen LogP contribution in [0, 0.1) is 0 Å². The second-order valence-corrected chi connectivity index (χ2v) is 6.48. The largest absolute Gasteiger partial charge is 0.491 e. The third-order valence-corrected chi connectivity index (χ3v) is 4.45. The minimum Gasteiger partial charge on any atom is -0.491 e. The second kappa shape index (κ2) is 8.44. The van der Waals surface area contributed by atoms with Gasteiger partial charge in [0, 0.05) is 12.6 Å². The number of H-pyrrole nitrogens is 1. The monoisotopic (exact) mass is 402 g/mol. The summed E-state index contributed by atoms with van der Waals surface area (Å²) in [6.45, 7) is 0.391. The zero-order chi connectivity index (χ0) is 20.9. The van der Waals surface area contributed by atoms with Crippen LogP contribution in [0.5, 0.6) is 5.75 Å². The maximum Gasteiger partial charge on any atom is 0.337 e. The molecule has 0 atom stereocenters. The summed E-state index contributed by atoms with van der Waals surface area (Å²) in [7, 11) is 0. The van der Waals surface area contributed by atoms with Crippen LogP contribution in [-0.4, -0.2) is 38.5 Å². The van der Waals surface area contributed by atoms with Crippen LogP contribution >= 0.6 is 0 Å². The highest BCUT2D eigenvalue weighted by molar-refractivity contribution is 6.06. The Morgan fingerprint density at radius 3 is 2.67 bits per heavy atom. The molecule has 0 radical (unpaired) electrons. The molecular formula is C22H18N4O4. The molecule has 2 aromatic heterocycles. The zero-order valence-corrected chi connectivity index (χ0v) is 15.8. The number of carboxylic acid groups (broad SMARTS) is 1. The van der Waals surface area contributed by atoms with Gasteiger partial charge in [-0.2, -0.15) is 0 Å². The number of carbonyl (C=O) groups is 2. The van der Waals surface area contributed by atoms with E-state index in [1.165, 1.54) is 12.3 Å². The molecule has 2 heterocycles. The molecule has 150 valence electrons. The molecule has 0 aliphatic carbocycles. The number of para-hydroxylation sites is 1. The van der Waals surface area contributed by atoms with E-state index in [1.54, 1.807) is 24.3 Å². The fourth-order valence-corrected chi connectivity index (χ4v) is 3.03. The number of fused-ring (bicyclic) bond motifs is 1. The lowest BCUT2D eigenvalue weighted by Gasteiger charge is -2.10. The number of nitrogens with one attached hydrogen (secondary N) is 2. The lowest BCUT2D eigenvalue weighted by Crippen LogP contribution is -2.16. The molecule has 8 heteroatoms. The predicted molar refractivity (Wildman–Crippen MR) is 111 cm³/mol. The van der Waals surface area contributed by atoms with Crippen molar-refractivity contribution in [1.82, 2.24) is 15.0 Å². The number of hydrogen-bond acceptors (Lipinski definition) is 5. The molecule has 0 unspecified atom stereocenters. The van der Waals surface area contributed by atoms with Crippen LogP contribution in [-0.2, 0) is 6.42 Å². The summed E-state index contributed by atoms with van der Waals surface area (Å²) < 4.78 is 5.78. The lowest BCUT2D eigenvalue weighted by atomic mass is 10.2. The van der Waals surface area contributed by atoms with E-state index in [0.717, 1.165) is 5.56 Å². The van der Waals surface area contributed by atoms with Crippen molar-refractivity contribution in [1.29, 1.82) is 0 Å². The normalized spacial score (nSPS) is 10.7. The molecule has 3 N–H and O–H groups in total. The van der Waals surface area contributed by atoms with Crippen LogP contribution in [0.25, 0.3) is 11.0 Å². The highest BCUT2D eigenvalue weighted by Crippen LogP contribution is 2.21.